The van der Waals surface area contributed by atoms with Crippen molar-refractivity contribution in [3.63, 3.8) is 0 Å². The molecule has 2 rings (SSSR count). The van der Waals surface area contributed by atoms with Gasteiger partial charge in [-0.25, -0.2) is 8.42 Å². The Morgan fingerprint density at radius 2 is 2.24 bits per heavy atom. The summed E-state index contributed by atoms with van der Waals surface area (Å²) in [6, 6.07) is 4.22. The molecule has 112 valence electrons. The van der Waals surface area contributed by atoms with Gasteiger partial charge in [0.25, 0.3) is 5.69 Å². The van der Waals surface area contributed by atoms with E-state index in [9.17, 15) is 18.5 Å². The number of rotatable bonds is 3. The Labute approximate surface area is 126 Å². The molecule has 1 aromatic carbocycles. The van der Waals surface area contributed by atoms with Crippen molar-refractivity contribution in [3.05, 3.63) is 33.3 Å². The SMILES string of the molecule is N#CC1CNCCN1S(=O)(=O)c1ccc([N+](=O)[O-])cc1Cl. The van der Waals surface area contributed by atoms with Crippen LogP contribution in [0.2, 0.25) is 5.02 Å². The van der Waals surface area contributed by atoms with Crippen LogP contribution in [0.1, 0.15) is 0 Å². The van der Waals surface area contributed by atoms with Crippen molar-refractivity contribution in [2.24, 2.45) is 0 Å². The molecule has 0 aromatic heterocycles. The molecule has 1 aromatic rings. The third kappa shape index (κ3) is 2.98. The molecule has 10 heteroatoms. The number of hydrogen-bond acceptors (Lipinski definition) is 6. The maximum absolute atomic E-state index is 12.6. The topological polar surface area (TPSA) is 116 Å². The maximum atomic E-state index is 12.6. The lowest BCUT2D eigenvalue weighted by Crippen LogP contribution is -2.52. The largest absolute Gasteiger partial charge is 0.313 e. The Hall–Kier alpha value is -1.73. The zero-order valence-electron chi connectivity index (χ0n) is 10.7. The fraction of sp³-hybridized carbons (Fsp3) is 0.364. The van der Waals surface area contributed by atoms with Crippen LogP contribution < -0.4 is 5.32 Å². The van der Waals surface area contributed by atoms with Crippen molar-refractivity contribution in [1.82, 2.24) is 9.62 Å². The second kappa shape index (κ2) is 5.95. The number of nitrogens with zero attached hydrogens (tertiary/aromatic N) is 3. The van der Waals surface area contributed by atoms with Crippen LogP contribution in [0.3, 0.4) is 0 Å². The molecule has 8 nitrogen and oxygen atoms in total. The third-order valence-corrected chi connectivity index (χ3v) is 5.45. The molecular formula is C11H11ClN4O4S. The number of sulfonamides is 1. The highest BCUT2D eigenvalue weighted by Crippen LogP contribution is 2.29. The van der Waals surface area contributed by atoms with Crippen molar-refractivity contribution in [1.29, 1.82) is 5.26 Å². The van der Waals surface area contributed by atoms with Crippen LogP contribution in [-0.4, -0.2) is 43.3 Å². The van der Waals surface area contributed by atoms with Crippen LogP contribution in [0.15, 0.2) is 23.1 Å². The lowest BCUT2D eigenvalue weighted by molar-refractivity contribution is -0.384. The minimum Gasteiger partial charge on any atom is -0.313 e. The second-order valence-electron chi connectivity index (χ2n) is 4.34. The number of nitriles is 1. The standard InChI is InChI=1S/C11H11ClN4O4S/c12-10-5-8(16(17)18)1-2-11(10)21(19,20)15-4-3-14-7-9(15)6-13/h1-2,5,9,14H,3-4,7H2. The van der Waals surface area contributed by atoms with E-state index >= 15 is 0 Å². The summed E-state index contributed by atoms with van der Waals surface area (Å²) in [6.07, 6.45) is 0. The number of halogens is 1. The van der Waals surface area contributed by atoms with Gasteiger partial charge in [0.15, 0.2) is 0 Å². The highest BCUT2D eigenvalue weighted by molar-refractivity contribution is 7.89. The monoisotopic (exact) mass is 330 g/mol. The summed E-state index contributed by atoms with van der Waals surface area (Å²) in [5, 5.41) is 22.4. The van der Waals surface area contributed by atoms with E-state index in [-0.39, 0.29) is 28.7 Å². The van der Waals surface area contributed by atoms with Crippen molar-refractivity contribution < 1.29 is 13.3 Å². The molecule has 1 saturated heterocycles. The van der Waals surface area contributed by atoms with E-state index in [0.717, 1.165) is 22.5 Å². The average molecular weight is 331 g/mol. The predicted molar refractivity (Wildman–Crippen MR) is 74.3 cm³/mol. The second-order valence-corrected chi connectivity index (χ2v) is 6.60. The van der Waals surface area contributed by atoms with Gasteiger partial charge in [-0.3, -0.25) is 10.1 Å². The molecule has 1 heterocycles. The number of hydrogen-bond donors (Lipinski definition) is 1. The number of nitro groups is 1. The van der Waals surface area contributed by atoms with Gasteiger partial charge in [0.2, 0.25) is 10.0 Å². The molecule has 0 amide bonds. The highest BCUT2D eigenvalue weighted by Gasteiger charge is 2.35. The van der Waals surface area contributed by atoms with E-state index in [1.807, 2.05) is 6.07 Å². The number of nitro benzene ring substituents is 1. The number of benzene rings is 1. The van der Waals surface area contributed by atoms with Crippen molar-refractivity contribution in [2.45, 2.75) is 10.9 Å². The van der Waals surface area contributed by atoms with Crippen LogP contribution >= 0.6 is 11.6 Å². The van der Waals surface area contributed by atoms with Crippen molar-refractivity contribution in [2.75, 3.05) is 19.6 Å². The summed E-state index contributed by atoms with van der Waals surface area (Å²) in [6.45, 7) is 0.774. The fourth-order valence-electron chi connectivity index (χ4n) is 2.02. The zero-order chi connectivity index (χ0) is 15.6. The lowest BCUT2D eigenvalue weighted by atomic mass is 10.3. The third-order valence-electron chi connectivity index (χ3n) is 3.06. The van der Waals surface area contributed by atoms with Crippen molar-refractivity contribution in [3.8, 4) is 6.07 Å². The van der Waals surface area contributed by atoms with Crippen molar-refractivity contribution >= 4 is 27.3 Å². The van der Waals surface area contributed by atoms with Crippen LogP contribution in [-0.2, 0) is 10.0 Å². The van der Waals surface area contributed by atoms with Gasteiger partial charge in [0, 0.05) is 31.8 Å². The van der Waals surface area contributed by atoms with Crippen LogP contribution in [0.5, 0.6) is 0 Å². The van der Waals surface area contributed by atoms with Gasteiger partial charge >= 0.3 is 0 Å². The number of non-ortho nitro benzene ring substituents is 1. The summed E-state index contributed by atoms with van der Waals surface area (Å²) in [5.74, 6) is 0. The van der Waals surface area contributed by atoms with E-state index in [1.54, 1.807) is 0 Å². The number of nitrogens with one attached hydrogen (secondary N) is 1. The number of piperazine rings is 1. The summed E-state index contributed by atoms with van der Waals surface area (Å²) in [4.78, 5) is 9.75. The van der Waals surface area contributed by atoms with Crippen LogP contribution in [0.25, 0.3) is 0 Å². The first-order chi connectivity index (χ1) is 9.87. The molecule has 0 aliphatic carbocycles. The average Bonchev–Trinajstić information content (AvgIpc) is 2.46. The van der Waals surface area contributed by atoms with E-state index in [4.69, 9.17) is 16.9 Å². The normalized spacial score (nSPS) is 19.9. The van der Waals surface area contributed by atoms with Gasteiger partial charge in [-0.2, -0.15) is 9.57 Å². The molecule has 0 saturated carbocycles. The molecule has 0 bridgehead atoms. The molecule has 21 heavy (non-hydrogen) atoms. The molecule has 1 aliphatic heterocycles. The van der Waals surface area contributed by atoms with E-state index < -0.39 is 21.0 Å². The Bertz CT molecular complexity index is 715. The highest BCUT2D eigenvalue weighted by atomic mass is 35.5. The van der Waals surface area contributed by atoms with Gasteiger partial charge in [-0.15, -0.1) is 0 Å². The minimum atomic E-state index is -3.98. The Kier molecular flexibility index (Phi) is 4.43. The van der Waals surface area contributed by atoms with E-state index in [1.165, 1.54) is 0 Å². The Balaban J connectivity index is 2.44. The predicted octanol–water partition coefficient (Wildman–Crippen LogP) is 0.734. The fourth-order valence-corrected chi connectivity index (χ4v) is 4.08. The molecule has 1 fully saturated rings. The summed E-state index contributed by atoms with van der Waals surface area (Å²) in [7, 11) is -3.98. The van der Waals surface area contributed by atoms with Gasteiger partial charge in [-0.1, -0.05) is 11.6 Å². The van der Waals surface area contributed by atoms with E-state index in [2.05, 4.69) is 5.32 Å². The first-order valence-electron chi connectivity index (χ1n) is 5.94. The quantitative estimate of drug-likeness (QED) is 0.645. The lowest BCUT2D eigenvalue weighted by Gasteiger charge is -2.31. The molecule has 0 spiro atoms. The van der Waals surface area contributed by atoms with E-state index in [0.29, 0.717) is 6.54 Å². The molecule has 0 radical (unpaired) electrons. The van der Waals surface area contributed by atoms with Crippen LogP contribution in [0.4, 0.5) is 5.69 Å². The summed E-state index contributed by atoms with van der Waals surface area (Å²) in [5.41, 5.74) is -0.295. The van der Waals surface area contributed by atoms with Gasteiger partial charge < -0.3 is 5.32 Å². The summed E-state index contributed by atoms with van der Waals surface area (Å²) < 4.78 is 26.2. The Morgan fingerprint density at radius 1 is 1.52 bits per heavy atom. The first-order valence-corrected chi connectivity index (χ1v) is 7.76. The first kappa shape index (κ1) is 15.7. The zero-order valence-corrected chi connectivity index (χ0v) is 12.3. The van der Waals surface area contributed by atoms with Gasteiger partial charge in [0.1, 0.15) is 10.9 Å². The molecule has 1 N–H and O–H groups in total. The Morgan fingerprint density at radius 3 is 2.81 bits per heavy atom. The molecule has 1 atom stereocenters. The summed E-state index contributed by atoms with van der Waals surface area (Å²) >= 11 is 5.86. The van der Waals surface area contributed by atoms with Gasteiger partial charge in [0.05, 0.1) is 16.0 Å². The molecule has 1 unspecified atom stereocenters. The van der Waals surface area contributed by atoms with Gasteiger partial charge in [-0.05, 0) is 6.07 Å². The van der Waals surface area contributed by atoms with Crippen LogP contribution in [0, 0.1) is 21.4 Å². The smallest absolute Gasteiger partial charge is 0.271 e. The molecular weight excluding hydrogens is 320 g/mol. The maximum Gasteiger partial charge on any atom is 0.271 e. The minimum absolute atomic E-state index is 0.133. The molecule has 1 aliphatic rings.